The lowest BCUT2D eigenvalue weighted by Gasteiger charge is -2.32. The Balaban J connectivity index is 2.30. The van der Waals surface area contributed by atoms with Gasteiger partial charge in [-0.05, 0) is 6.42 Å². The SMILES string of the molecule is CCC1CN(CC(N)C#N)CCO1. The van der Waals surface area contributed by atoms with E-state index < -0.39 is 0 Å². The van der Waals surface area contributed by atoms with Gasteiger partial charge >= 0.3 is 0 Å². The molecule has 4 nitrogen and oxygen atoms in total. The van der Waals surface area contributed by atoms with Gasteiger partial charge in [0.25, 0.3) is 0 Å². The van der Waals surface area contributed by atoms with Crippen LogP contribution in [0, 0.1) is 11.3 Å². The highest BCUT2D eigenvalue weighted by atomic mass is 16.5. The zero-order valence-electron chi connectivity index (χ0n) is 8.07. The van der Waals surface area contributed by atoms with E-state index in [1.807, 2.05) is 6.07 Å². The number of rotatable bonds is 3. The van der Waals surface area contributed by atoms with Crippen molar-refractivity contribution in [3.8, 4) is 6.07 Å². The number of nitrogens with zero attached hydrogens (tertiary/aromatic N) is 2. The maximum Gasteiger partial charge on any atom is 0.106 e. The van der Waals surface area contributed by atoms with Crippen LogP contribution in [-0.4, -0.2) is 43.3 Å². The highest BCUT2D eigenvalue weighted by molar-refractivity contribution is 4.89. The van der Waals surface area contributed by atoms with Crippen molar-refractivity contribution in [2.45, 2.75) is 25.5 Å². The summed E-state index contributed by atoms with van der Waals surface area (Å²) < 4.78 is 5.51. The molecular formula is C9H17N3O. The molecule has 74 valence electrons. The monoisotopic (exact) mass is 183 g/mol. The minimum absolute atomic E-state index is 0.319. The van der Waals surface area contributed by atoms with Crippen LogP contribution >= 0.6 is 0 Å². The number of hydrogen-bond acceptors (Lipinski definition) is 4. The molecule has 1 aliphatic heterocycles. The predicted molar refractivity (Wildman–Crippen MR) is 50.1 cm³/mol. The average molecular weight is 183 g/mol. The lowest BCUT2D eigenvalue weighted by molar-refractivity contribution is -0.0298. The van der Waals surface area contributed by atoms with Gasteiger partial charge in [-0.3, -0.25) is 4.90 Å². The molecule has 1 aliphatic rings. The smallest absolute Gasteiger partial charge is 0.106 e. The molecule has 0 aromatic rings. The van der Waals surface area contributed by atoms with Crippen molar-refractivity contribution in [3.63, 3.8) is 0 Å². The van der Waals surface area contributed by atoms with Gasteiger partial charge in [-0.15, -0.1) is 0 Å². The van der Waals surface area contributed by atoms with Gasteiger partial charge in [-0.2, -0.15) is 5.26 Å². The Labute approximate surface area is 79.3 Å². The summed E-state index contributed by atoms with van der Waals surface area (Å²) in [7, 11) is 0. The molecule has 1 fully saturated rings. The average Bonchev–Trinajstić information content (AvgIpc) is 2.18. The first kappa shape index (κ1) is 10.5. The maximum absolute atomic E-state index is 8.56. The molecule has 13 heavy (non-hydrogen) atoms. The van der Waals surface area contributed by atoms with E-state index in [-0.39, 0.29) is 6.04 Å². The molecule has 0 saturated carbocycles. The molecule has 0 radical (unpaired) electrons. The summed E-state index contributed by atoms with van der Waals surface area (Å²) in [5.74, 6) is 0. The topological polar surface area (TPSA) is 62.3 Å². The molecule has 0 aliphatic carbocycles. The van der Waals surface area contributed by atoms with Crippen LogP contribution < -0.4 is 5.73 Å². The Kier molecular flexibility index (Phi) is 4.16. The van der Waals surface area contributed by atoms with Crippen molar-refractivity contribution < 1.29 is 4.74 Å². The van der Waals surface area contributed by atoms with E-state index in [2.05, 4.69) is 11.8 Å². The van der Waals surface area contributed by atoms with Crippen LogP contribution in [0.3, 0.4) is 0 Å². The molecule has 0 aromatic heterocycles. The van der Waals surface area contributed by atoms with Crippen LogP contribution in [0.5, 0.6) is 0 Å². The van der Waals surface area contributed by atoms with Gasteiger partial charge in [0.05, 0.1) is 18.8 Å². The van der Waals surface area contributed by atoms with Gasteiger partial charge < -0.3 is 10.5 Å². The summed E-state index contributed by atoms with van der Waals surface area (Å²) in [5, 5.41) is 8.56. The summed E-state index contributed by atoms with van der Waals surface area (Å²) in [4.78, 5) is 2.20. The van der Waals surface area contributed by atoms with Gasteiger partial charge in [0.1, 0.15) is 6.04 Å². The molecule has 1 heterocycles. The quantitative estimate of drug-likeness (QED) is 0.666. The van der Waals surface area contributed by atoms with Crippen LogP contribution in [0.4, 0.5) is 0 Å². The minimum atomic E-state index is -0.365. The highest BCUT2D eigenvalue weighted by Crippen LogP contribution is 2.07. The number of ether oxygens (including phenoxy) is 1. The normalized spacial score (nSPS) is 26.7. The zero-order chi connectivity index (χ0) is 9.68. The first-order chi connectivity index (χ1) is 6.26. The molecule has 0 spiro atoms. The molecule has 4 heteroatoms. The Bertz CT molecular complexity index is 190. The fraction of sp³-hybridized carbons (Fsp3) is 0.889. The van der Waals surface area contributed by atoms with E-state index in [1.165, 1.54) is 0 Å². The number of morpholine rings is 1. The summed E-state index contributed by atoms with van der Waals surface area (Å²) in [6, 6.07) is 1.68. The molecular weight excluding hydrogens is 166 g/mol. The fourth-order valence-corrected chi connectivity index (χ4v) is 1.51. The molecule has 1 saturated heterocycles. The third-order valence-electron chi connectivity index (χ3n) is 2.30. The molecule has 2 atom stereocenters. The van der Waals surface area contributed by atoms with Crippen LogP contribution in [0.1, 0.15) is 13.3 Å². The molecule has 0 aromatic carbocycles. The Morgan fingerprint density at radius 1 is 1.77 bits per heavy atom. The second kappa shape index (κ2) is 5.18. The van der Waals surface area contributed by atoms with E-state index in [0.29, 0.717) is 12.6 Å². The molecule has 1 rings (SSSR count). The summed E-state index contributed by atoms with van der Waals surface area (Å²) >= 11 is 0. The van der Waals surface area contributed by atoms with Crippen molar-refractivity contribution in [2.24, 2.45) is 5.73 Å². The van der Waals surface area contributed by atoms with Gasteiger partial charge in [-0.25, -0.2) is 0 Å². The van der Waals surface area contributed by atoms with Crippen molar-refractivity contribution >= 4 is 0 Å². The summed E-state index contributed by atoms with van der Waals surface area (Å²) in [6.07, 6.45) is 1.35. The molecule has 2 N–H and O–H groups in total. The van der Waals surface area contributed by atoms with Crippen molar-refractivity contribution in [3.05, 3.63) is 0 Å². The first-order valence-electron chi connectivity index (χ1n) is 4.75. The summed E-state index contributed by atoms with van der Waals surface area (Å²) in [5.41, 5.74) is 5.55. The Morgan fingerprint density at radius 3 is 3.15 bits per heavy atom. The van der Waals surface area contributed by atoms with Gasteiger partial charge in [0.15, 0.2) is 0 Å². The van der Waals surface area contributed by atoms with Gasteiger partial charge in [0, 0.05) is 19.6 Å². The third-order valence-corrected chi connectivity index (χ3v) is 2.30. The molecule has 0 amide bonds. The predicted octanol–water partition coefficient (Wildman–Crippen LogP) is -0.0519. The Morgan fingerprint density at radius 2 is 2.54 bits per heavy atom. The Hall–Kier alpha value is -0.630. The second-order valence-corrected chi connectivity index (χ2v) is 3.40. The van der Waals surface area contributed by atoms with E-state index in [4.69, 9.17) is 15.7 Å². The van der Waals surface area contributed by atoms with E-state index in [1.54, 1.807) is 0 Å². The summed E-state index contributed by atoms with van der Waals surface area (Å²) in [6.45, 7) is 5.34. The number of hydrogen-bond donors (Lipinski definition) is 1. The largest absolute Gasteiger partial charge is 0.376 e. The van der Waals surface area contributed by atoms with Gasteiger partial charge in [0.2, 0.25) is 0 Å². The van der Waals surface area contributed by atoms with Crippen molar-refractivity contribution in [2.75, 3.05) is 26.2 Å². The van der Waals surface area contributed by atoms with E-state index in [9.17, 15) is 0 Å². The standard InChI is InChI=1S/C9H17N3O/c1-2-9-7-12(3-4-13-9)6-8(11)5-10/h8-9H,2-4,6-7,11H2,1H3. The lowest BCUT2D eigenvalue weighted by Crippen LogP contribution is -2.46. The maximum atomic E-state index is 8.56. The van der Waals surface area contributed by atoms with Crippen LogP contribution in [0.25, 0.3) is 0 Å². The number of nitriles is 1. The van der Waals surface area contributed by atoms with E-state index >= 15 is 0 Å². The second-order valence-electron chi connectivity index (χ2n) is 3.40. The minimum Gasteiger partial charge on any atom is -0.376 e. The van der Waals surface area contributed by atoms with Crippen molar-refractivity contribution in [1.29, 1.82) is 5.26 Å². The first-order valence-corrected chi connectivity index (χ1v) is 4.75. The highest BCUT2D eigenvalue weighted by Gasteiger charge is 2.19. The van der Waals surface area contributed by atoms with Gasteiger partial charge in [-0.1, -0.05) is 6.92 Å². The van der Waals surface area contributed by atoms with Crippen LogP contribution in [0.2, 0.25) is 0 Å². The van der Waals surface area contributed by atoms with E-state index in [0.717, 1.165) is 26.1 Å². The van der Waals surface area contributed by atoms with Crippen LogP contribution in [0.15, 0.2) is 0 Å². The molecule has 2 unspecified atom stereocenters. The van der Waals surface area contributed by atoms with Crippen molar-refractivity contribution in [1.82, 2.24) is 4.90 Å². The van der Waals surface area contributed by atoms with Crippen LogP contribution in [-0.2, 0) is 4.74 Å². The third kappa shape index (κ3) is 3.31. The zero-order valence-corrected chi connectivity index (χ0v) is 8.07. The fourth-order valence-electron chi connectivity index (χ4n) is 1.51. The number of nitrogens with two attached hydrogens (primary N) is 1. The molecule has 0 bridgehead atoms. The lowest BCUT2D eigenvalue weighted by atomic mass is 10.2.